The van der Waals surface area contributed by atoms with Gasteiger partial charge in [0, 0.05) is 5.69 Å². The number of hydrogen-bond acceptors (Lipinski definition) is 5. The van der Waals surface area contributed by atoms with Crippen LogP contribution in [0.3, 0.4) is 0 Å². The Morgan fingerprint density at radius 1 is 1.20 bits per heavy atom. The van der Waals surface area contributed by atoms with Crippen LogP contribution in [0.15, 0.2) is 60.0 Å². The van der Waals surface area contributed by atoms with Gasteiger partial charge in [0.1, 0.15) is 12.1 Å². The number of thiocarbonyl (C=S) groups is 1. The highest BCUT2D eigenvalue weighted by Gasteiger charge is 2.03. The van der Waals surface area contributed by atoms with Crippen LogP contribution in [0.2, 0.25) is 0 Å². The van der Waals surface area contributed by atoms with Gasteiger partial charge in [-0.25, -0.2) is 9.07 Å². The summed E-state index contributed by atoms with van der Waals surface area (Å²) in [5.41, 5.74) is 5.89. The summed E-state index contributed by atoms with van der Waals surface area (Å²) >= 11 is 5.17. The van der Waals surface area contributed by atoms with E-state index in [2.05, 4.69) is 31.4 Å². The van der Waals surface area contributed by atoms with E-state index < -0.39 is 0 Å². The van der Waals surface area contributed by atoms with Crippen LogP contribution in [0.25, 0.3) is 5.69 Å². The van der Waals surface area contributed by atoms with E-state index in [1.165, 1.54) is 18.5 Å². The average Bonchev–Trinajstić information content (AvgIpc) is 3.16. The summed E-state index contributed by atoms with van der Waals surface area (Å²) in [5, 5.41) is 18.6. The number of tetrazole rings is 1. The van der Waals surface area contributed by atoms with Crippen molar-refractivity contribution in [1.29, 1.82) is 0 Å². The maximum atomic E-state index is 12.9. The molecule has 0 spiro atoms. The number of aromatic nitrogens is 4. The molecule has 7 nitrogen and oxygen atoms in total. The highest BCUT2D eigenvalue weighted by atomic mass is 32.1. The van der Waals surface area contributed by atoms with Crippen molar-refractivity contribution in [3.63, 3.8) is 0 Å². The molecule has 0 atom stereocenters. The number of halogens is 1. The zero-order valence-corrected chi connectivity index (χ0v) is 14.0. The first-order chi connectivity index (χ1) is 12.1. The maximum Gasteiger partial charge on any atom is 0.191 e. The molecule has 0 bridgehead atoms. The molecule has 0 aliphatic rings. The standard InChI is InChI=1S/C16H14FN7S/c1-11(12-3-2-4-15(9-12)24-10-18-22-23-24)20-21-16(25)19-14-7-5-13(17)6-8-14/h2-10H,1H3,(H2,19,21,25)/b20-11-. The van der Waals surface area contributed by atoms with Gasteiger partial charge in [0.15, 0.2) is 5.11 Å². The maximum absolute atomic E-state index is 12.9. The Kier molecular flexibility index (Phi) is 5.05. The van der Waals surface area contributed by atoms with E-state index in [0.717, 1.165) is 17.0 Å². The number of rotatable bonds is 4. The molecule has 0 aliphatic heterocycles. The fourth-order valence-corrected chi connectivity index (χ4v) is 2.21. The zero-order valence-electron chi connectivity index (χ0n) is 13.2. The van der Waals surface area contributed by atoms with Gasteiger partial charge in [-0.2, -0.15) is 5.10 Å². The lowest BCUT2D eigenvalue weighted by molar-refractivity contribution is 0.628. The number of benzene rings is 2. The van der Waals surface area contributed by atoms with Crippen LogP contribution in [0.5, 0.6) is 0 Å². The van der Waals surface area contributed by atoms with Crippen molar-refractivity contribution in [1.82, 2.24) is 25.6 Å². The number of nitrogens with zero attached hydrogens (tertiary/aromatic N) is 5. The summed E-state index contributed by atoms with van der Waals surface area (Å²) in [7, 11) is 0. The molecule has 0 fully saturated rings. The minimum Gasteiger partial charge on any atom is -0.331 e. The summed E-state index contributed by atoms with van der Waals surface area (Å²) in [6.45, 7) is 1.85. The highest BCUT2D eigenvalue weighted by molar-refractivity contribution is 7.80. The topological polar surface area (TPSA) is 80.0 Å². The molecule has 3 aromatic rings. The molecule has 25 heavy (non-hydrogen) atoms. The summed E-state index contributed by atoms with van der Waals surface area (Å²) in [5.74, 6) is -0.305. The lowest BCUT2D eigenvalue weighted by Crippen LogP contribution is -2.25. The van der Waals surface area contributed by atoms with E-state index in [-0.39, 0.29) is 5.82 Å². The van der Waals surface area contributed by atoms with Gasteiger partial charge in [-0.05, 0) is 71.5 Å². The first kappa shape index (κ1) is 16.7. The van der Waals surface area contributed by atoms with Gasteiger partial charge < -0.3 is 5.32 Å². The first-order valence-electron chi connectivity index (χ1n) is 7.32. The Labute approximate surface area is 148 Å². The summed E-state index contributed by atoms with van der Waals surface area (Å²) < 4.78 is 14.4. The molecular formula is C16H14FN7S. The molecular weight excluding hydrogens is 341 g/mol. The van der Waals surface area contributed by atoms with Crippen molar-refractivity contribution in [2.24, 2.45) is 5.10 Å². The van der Waals surface area contributed by atoms with Crippen LogP contribution >= 0.6 is 12.2 Å². The quantitative estimate of drug-likeness (QED) is 0.425. The normalized spacial score (nSPS) is 11.2. The molecule has 0 saturated carbocycles. The minimum atomic E-state index is -0.305. The monoisotopic (exact) mass is 355 g/mol. The van der Waals surface area contributed by atoms with Crippen molar-refractivity contribution < 1.29 is 4.39 Å². The van der Waals surface area contributed by atoms with Crippen LogP contribution in [0, 0.1) is 5.82 Å². The van der Waals surface area contributed by atoms with Gasteiger partial charge in [-0.15, -0.1) is 5.10 Å². The van der Waals surface area contributed by atoms with Gasteiger partial charge in [0.25, 0.3) is 0 Å². The van der Waals surface area contributed by atoms with Gasteiger partial charge in [-0.3, -0.25) is 5.43 Å². The third-order valence-electron chi connectivity index (χ3n) is 3.30. The average molecular weight is 355 g/mol. The van der Waals surface area contributed by atoms with Crippen molar-refractivity contribution in [2.75, 3.05) is 5.32 Å². The second-order valence-electron chi connectivity index (χ2n) is 5.07. The molecule has 0 aliphatic carbocycles. The second-order valence-corrected chi connectivity index (χ2v) is 5.48. The second kappa shape index (κ2) is 7.58. The Hall–Kier alpha value is -3.20. The number of hydrazone groups is 1. The van der Waals surface area contributed by atoms with Crippen LogP contribution in [-0.4, -0.2) is 31.0 Å². The van der Waals surface area contributed by atoms with Gasteiger partial charge in [0.2, 0.25) is 0 Å². The highest BCUT2D eigenvalue weighted by Crippen LogP contribution is 2.10. The SMILES string of the molecule is C/C(=N/NC(=S)Nc1ccc(F)cc1)c1cccc(-n2cnnn2)c1. The largest absolute Gasteiger partial charge is 0.331 e. The summed E-state index contributed by atoms with van der Waals surface area (Å²) in [4.78, 5) is 0. The third-order valence-corrected chi connectivity index (χ3v) is 3.50. The van der Waals surface area contributed by atoms with E-state index in [9.17, 15) is 4.39 Å². The fourth-order valence-electron chi connectivity index (χ4n) is 2.04. The van der Waals surface area contributed by atoms with E-state index in [1.807, 2.05) is 31.2 Å². The van der Waals surface area contributed by atoms with E-state index in [4.69, 9.17) is 12.2 Å². The number of nitrogens with one attached hydrogen (secondary N) is 2. The third kappa shape index (κ3) is 4.42. The summed E-state index contributed by atoms with van der Waals surface area (Å²) in [6.07, 6.45) is 1.52. The fraction of sp³-hybridized carbons (Fsp3) is 0.0625. The Balaban J connectivity index is 1.66. The molecule has 0 radical (unpaired) electrons. The van der Waals surface area contributed by atoms with Crippen molar-refractivity contribution in [3.8, 4) is 5.69 Å². The Morgan fingerprint density at radius 2 is 2.00 bits per heavy atom. The Morgan fingerprint density at radius 3 is 2.72 bits per heavy atom. The lowest BCUT2D eigenvalue weighted by Gasteiger charge is -2.08. The molecule has 9 heteroatoms. The van der Waals surface area contributed by atoms with Gasteiger partial charge in [-0.1, -0.05) is 12.1 Å². The molecule has 0 amide bonds. The van der Waals surface area contributed by atoms with E-state index >= 15 is 0 Å². The van der Waals surface area contributed by atoms with Crippen molar-refractivity contribution in [2.45, 2.75) is 6.92 Å². The molecule has 3 rings (SSSR count). The first-order valence-corrected chi connectivity index (χ1v) is 7.73. The molecule has 2 N–H and O–H groups in total. The van der Waals surface area contributed by atoms with Crippen molar-refractivity contribution >= 4 is 28.7 Å². The molecule has 0 saturated heterocycles. The van der Waals surface area contributed by atoms with E-state index in [1.54, 1.807) is 16.8 Å². The number of hydrogen-bond donors (Lipinski definition) is 2. The molecule has 0 unspecified atom stereocenters. The molecule has 126 valence electrons. The van der Waals surface area contributed by atoms with Gasteiger partial charge in [0.05, 0.1) is 11.4 Å². The predicted octanol–water partition coefficient (Wildman–Crippen LogP) is 2.51. The predicted molar refractivity (Wildman–Crippen MR) is 97.1 cm³/mol. The zero-order chi connectivity index (χ0) is 17.6. The van der Waals surface area contributed by atoms with Crippen LogP contribution in [0.1, 0.15) is 12.5 Å². The molecule has 2 aromatic carbocycles. The summed E-state index contributed by atoms with van der Waals surface area (Å²) in [6, 6.07) is 13.5. The van der Waals surface area contributed by atoms with E-state index in [0.29, 0.717) is 10.8 Å². The lowest BCUT2D eigenvalue weighted by atomic mass is 10.1. The smallest absolute Gasteiger partial charge is 0.191 e. The van der Waals surface area contributed by atoms with Crippen LogP contribution in [-0.2, 0) is 0 Å². The van der Waals surface area contributed by atoms with Crippen LogP contribution < -0.4 is 10.7 Å². The van der Waals surface area contributed by atoms with Gasteiger partial charge >= 0.3 is 0 Å². The molecule has 1 heterocycles. The van der Waals surface area contributed by atoms with Crippen molar-refractivity contribution in [3.05, 3.63) is 66.2 Å². The van der Waals surface area contributed by atoms with Crippen LogP contribution in [0.4, 0.5) is 10.1 Å². The Bertz CT molecular complexity index is 891. The molecule has 1 aromatic heterocycles. The minimum absolute atomic E-state index is 0.305. The number of anilines is 1.